The third-order valence-electron chi connectivity index (χ3n) is 2.99. The predicted molar refractivity (Wildman–Crippen MR) is 79.7 cm³/mol. The molecule has 0 heterocycles. The summed E-state index contributed by atoms with van der Waals surface area (Å²) in [5.74, 6) is 0.874. The fraction of sp³-hybridized carbons (Fsp3) is 0.188. The molecule has 0 radical (unpaired) electrons. The number of benzene rings is 2. The van der Waals surface area contributed by atoms with Gasteiger partial charge in [-0.2, -0.15) is 0 Å². The maximum atomic E-state index is 10.3. The van der Waals surface area contributed by atoms with Crippen LogP contribution in [0.25, 0.3) is 0 Å². The van der Waals surface area contributed by atoms with Crippen LogP contribution >= 0.6 is 0 Å². The Labute approximate surface area is 118 Å². The van der Waals surface area contributed by atoms with Crippen molar-refractivity contribution in [3.05, 3.63) is 59.7 Å². The van der Waals surface area contributed by atoms with Crippen molar-refractivity contribution in [2.24, 2.45) is 0 Å². The van der Waals surface area contributed by atoms with E-state index >= 15 is 0 Å². The highest BCUT2D eigenvalue weighted by atomic mass is 16.5. The zero-order chi connectivity index (χ0) is 14.2. The van der Waals surface area contributed by atoms with Gasteiger partial charge >= 0.3 is 0 Å². The summed E-state index contributed by atoms with van der Waals surface area (Å²) in [4.78, 5) is 10.3. The highest BCUT2D eigenvalue weighted by Gasteiger charge is 2.01. The second-order valence-electron chi connectivity index (χ2n) is 4.36. The highest BCUT2D eigenvalue weighted by Crippen LogP contribution is 2.19. The first kappa shape index (κ1) is 13.9. The van der Waals surface area contributed by atoms with Crippen LogP contribution in [0.15, 0.2) is 48.5 Å². The van der Waals surface area contributed by atoms with Crippen LogP contribution in [-0.2, 0) is 17.9 Å². The third-order valence-corrected chi connectivity index (χ3v) is 2.99. The Morgan fingerprint density at radius 1 is 1.10 bits per heavy atom. The number of carbonyl (C=O) groups excluding carboxylic acids is 1. The number of hydrogen-bond acceptors (Lipinski definition) is 3. The fourth-order valence-corrected chi connectivity index (χ4v) is 2.00. The van der Waals surface area contributed by atoms with Gasteiger partial charge in [0, 0.05) is 24.3 Å². The molecule has 104 valence electrons. The fourth-order valence-electron chi connectivity index (χ4n) is 2.00. The van der Waals surface area contributed by atoms with Gasteiger partial charge in [0.05, 0.1) is 7.11 Å². The molecule has 1 amide bonds. The second kappa shape index (κ2) is 7.19. The van der Waals surface area contributed by atoms with Crippen LogP contribution < -0.4 is 15.4 Å². The van der Waals surface area contributed by atoms with E-state index in [0.717, 1.165) is 22.6 Å². The molecule has 0 unspecified atom stereocenters. The first-order chi connectivity index (χ1) is 9.83. The van der Waals surface area contributed by atoms with Gasteiger partial charge < -0.3 is 15.4 Å². The number of anilines is 1. The lowest BCUT2D eigenvalue weighted by atomic mass is 10.1. The Bertz CT molecular complexity index is 570. The van der Waals surface area contributed by atoms with Crippen molar-refractivity contribution in [1.29, 1.82) is 0 Å². The molecule has 2 rings (SSSR count). The lowest BCUT2D eigenvalue weighted by Gasteiger charge is -2.11. The molecule has 0 aliphatic rings. The predicted octanol–water partition coefficient (Wildman–Crippen LogP) is 2.55. The monoisotopic (exact) mass is 270 g/mol. The van der Waals surface area contributed by atoms with Gasteiger partial charge in [0.1, 0.15) is 5.75 Å². The molecule has 0 aliphatic carbocycles. The Kier molecular flexibility index (Phi) is 5.00. The minimum atomic E-state index is 0.535. The molecule has 0 saturated carbocycles. The first-order valence-corrected chi connectivity index (χ1v) is 6.45. The number of methoxy groups -OCH3 is 1. The summed E-state index contributed by atoms with van der Waals surface area (Å²) in [6.07, 6.45) is 0.703. The summed E-state index contributed by atoms with van der Waals surface area (Å²) in [7, 11) is 1.67. The largest absolute Gasteiger partial charge is 0.496 e. The number of nitrogens with one attached hydrogen (secondary N) is 2. The average molecular weight is 270 g/mol. The third kappa shape index (κ3) is 3.75. The van der Waals surface area contributed by atoms with Gasteiger partial charge in [-0.05, 0) is 23.8 Å². The van der Waals surface area contributed by atoms with Crippen LogP contribution in [0.4, 0.5) is 5.69 Å². The molecule has 0 fully saturated rings. The molecule has 4 nitrogen and oxygen atoms in total. The Hall–Kier alpha value is -2.49. The van der Waals surface area contributed by atoms with Crippen molar-refractivity contribution < 1.29 is 9.53 Å². The topological polar surface area (TPSA) is 50.4 Å². The lowest BCUT2D eigenvalue weighted by molar-refractivity contribution is -0.109. The zero-order valence-electron chi connectivity index (χ0n) is 11.4. The zero-order valence-corrected chi connectivity index (χ0v) is 11.4. The quantitative estimate of drug-likeness (QED) is 0.760. The SMILES string of the molecule is COc1ccccc1CNc1cccc(CNC=O)c1. The van der Waals surface area contributed by atoms with E-state index in [-0.39, 0.29) is 0 Å². The average Bonchev–Trinajstić information content (AvgIpc) is 2.51. The lowest BCUT2D eigenvalue weighted by Crippen LogP contribution is -2.10. The summed E-state index contributed by atoms with van der Waals surface area (Å²) in [6, 6.07) is 15.9. The number of carbonyl (C=O) groups is 1. The summed E-state index contributed by atoms with van der Waals surface area (Å²) in [5.41, 5.74) is 3.18. The smallest absolute Gasteiger partial charge is 0.207 e. The van der Waals surface area contributed by atoms with Crippen LogP contribution in [0.3, 0.4) is 0 Å². The van der Waals surface area contributed by atoms with E-state index in [4.69, 9.17) is 4.74 Å². The molecule has 0 aliphatic heterocycles. The number of para-hydroxylation sites is 1. The van der Waals surface area contributed by atoms with Gasteiger partial charge in [0.15, 0.2) is 0 Å². The van der Waals surface area contributed by atoms with Gasteiger partial charge in [-0.15, -0.1) is 0 Å². The van der Waals surface area contributed by atoms with Crippen molar-refractivity contribution >= 4 is 12.1 Å². The summed E-state index contributed by atoms with van der Waals surface area (Å²) >= 11 is 0. The van der Waals surface area contributed by atoms with E-state index in [1.165, 1.54) is 0 Å². The molecular weight excluding hydrogens is 252 g/mol. The van der Waals surface area contributed by atoms with Gasteiger partial charge in [-0.1, -0.05) is 30.3 Å². The first-order valence-electron chi connectivity index (χ1n) is 6.45. The van der Waals surface area contributed by atoms with E-state index < -0.39 is 0 Å². The molecule has 4 heteroatoms. The Balaban J connectivity index is 2.01. The minimum Gasteiger partial charge on any atom is -0.496 e. The van der Waals surface area contributed by atoms with Crippen molar-refractivity contribution in [1.82, 2.24) is 5.32 Å². The molecule has 20 heavy (non-hydrogen) atoms. The van der Waals surface area contributed by atoms with Crippen LogP contribution in [0.1, 0.15) is 11.1 Å². The highest BCUT2D eigenvalue weighted by molar-refractivity contribution is 5.49. The Morgan fingerprint density at radius 3 is 2.75 bits per heavy atom. The Morgan fingerprint density at radius 2 is 1.95 bits per heavy atom. The molecule has 0 saturated heterocycles. The second-order valence-corrected chi connectivity index (χ2v) is 4.36. The van der Waals surface area contributed by atoms with Gasteiger partial charge in [-0.25, -0.2) is 0 Å². The molecule has 2 aromatic rings. The van der Waals surface area contributed by atoms with Crippen LogP contribution in [0.2, 0.25) is 0 Å². The molecule has 0 atom stereocenters. The standard InChI is InChI=1S/C16H18N2O2/c1-20-16-8-3-2-6-14(16)11-18-15-7-4-5-13(9-15)10-17-12-19/h2-9,12,18H,10-11H2,1H3,(H,17,19). The molecule has 0 spiro atoms. The summed E-state index contributed by atoms with van der Waals surface area (Å²) in [5, 5.41) is 6.01. The van der Waals surface area contributed by atoms with E-state index in [1.54, 1.807) is 7.11 Å². The van der Waals surface area contributed by atoms with Crippen LogP contribution in [0.5, 0.6) is 5.75 Å². The maximum absolute atomic E-state index is 10.3. The number of ether oxygens (including phenoxy) is 1. The normalized spacial score (nSPS) is 9.85. The number of amides is 1. The van der Waals surface area contributed by atoms with E-state index in [0.29, 0.717) is 19.5 Å². The molecule has 0 aromatic heterocycles. The van der Waals surface area contributed by atoms with Crippen molar-refractivity contribution in [2.45, 2.75) is 13.1 Å². The van der Waals surface area contributed by atoms with Crippen molar-refractivity contribution in [2.75, 3.05) is 12.4 Å². The molecular formula is C16H18N2O2. The van der Waals surface area contributed by atoms with E-state index in [1.807, 2.05) is 48.5 Å². The number of rotatable bonds is 7. The van der Waals surface area contributed by atoms with Crippen LogP contribution in [0, 0.1) is 0 Å². The maximum Gasteiger partial charge on any atom is 0.207 e. The number of hydrogen-bond donors (Lipinski definition) is 2. The van der Waals surface area contributed by atoms with E-state index in [2.05, 4.69) is 10.6 Å². The van der Waals surface area contributed by atoms with Crippen molar-refractivity contribution in [3.63, 3.8) is 0 Å². The minimum absolute atomic E-state index is 0.535. The van der Waals surface area contributed by atoms with Gasteiger partial charge in [0.25, 0.3) is 0 Å². The van der Waals surface area contributed by atoms with E-state index in [9.17, 15) is 4.79 Å². The van der Waals surface area contributed by atoms with Crippen molar-refractivity contribution in [3.8, 4) is 5.75 Å². The molecule has 2 N–H and O–H groups in total. The summed E-state index contributed by atoms with van der Waals surface area (Å²) in [6.45, 7) is 1.22. The molecule has 2 aromatic carbocycles. The van der Waals surface area contributed by atoms with Crippen LogP contribution in [-0.4, -0.2) is 13.5 Å². The van der Waals surface area contributed by atoms with Gasteiger partial charge in [-0.3, -0.25) is 4.79 Å². The van der Waals surface area contributed by atoms with Gasteiger partial charge in [0.2, 0.25) is 6.41 Å². The molecule has 0 bridgehead atoms. The summed E-state index contributed by atoms with van der Waals surface area (Å²) < 4.78 is 5.32.